The fourth-order valence-electron chi connectivity index (χ4n) is 3.11. The number of rotatable bonds is 4. The molecule has 3 heterocycles. The first-order chi connectivity index (χ1) is 12.5. The highest BCUT2D eigenvalue weighted by molar-refractivity contribution is 5.75. The lowest BCUT2D eigenvalue weighted by atomic mass is 10.1. The second-order valence-corrected chi connectivity index (χ2v) is 6.37. The van der Waals surface area contributed by atoms with E-state index < -0.39 is 0 Å². The van der Waals surface area contributed by atoms with Gasteiger partial charge in [-0.05, 0) is 44.5 Å². The number of nitrogens with one attached hydrogen (secondary N) is 1. The molecule has 0 radical (unpaired) electrons. The van der Waals surface area contributed by atoms with E-state index in [-0.39, 0.29) is 0 Å². The summed E-state index contributed by atoms with van der Waals surface area (Å²) in [6.07, 6.45) is 0.667. The molecular weight excluding hydrogens is 328 g/mol. The maximum Gasteiger partial charge on any atom is 0.186 e. The van der Waals surface area contributed by atoms with Crippen molar-refractivity contribution in [1.82, 2.24) is 29.8 Å². The number of hydrogen-bond donors (Lipinski definition) is 1. The molecule has 0 aliphatic carbocycles. The zero-order chi connectivity index (χ0) is 18.3. The van der Waals surface area contributed by atoms with Crippen molar-refractivity contribution in [1.29, 1.82) is 0 Å². The SMILES string of the molecule is COc1ccc(Cc2nc(-c3c(C)nn4c(C)cc(C)nc34)n[nH]2)cc1. The van der Waals surface area contributed by atoms with Gasteiger partial charge in [0.15, 0.2) is 11.5 Å². The minimum Gasteiger partial charge on any atom is -0.497 e. The van der Waals surface area contributed by atoms with Crippen LogP contribution in [0.1, 0.15) is 28.5 Å². The first-order valence-corrected chi connectivity index (χ1v) is 8.43. The number of ether oxygens (including phenoxy) is 1. The van der Waals surface area contributed by atoms with E-state index >= 15 is 0 Å². The molecular formula is C19H20N6O. The summed E-state index contributed by atoms with van der Waals surface area (Å²) >= 11 is 0. The van der Waals surface area contributed by atoms with Crippen LogP contribution in [0.2, 0.25) is 0 Å². The minimum atomic E-state index is 0.624. The third-order valence-electron chi connectivity index (χ3n) is 4.36. The van der Waals surface area contributed by atoms with Crippen LogP contribution in [-0.4, -0.2) is 36.9 Å². The zero-order valence-electron chi connectivity index (χ0n) is 15.2. The molecule has 1 N–H and O–H groups in total. The average Bonchev–Trinajstić information content (AvgIpc) is 3.19. The second kappa shape index (κ2) is 6.25. The highest BCUT2D eigenvalue weighted by atomic mass is 16.5. The maximum atomic E-state index is 5.19. The molecule has 1 aromatic carbocycles. The highest BCUT2D eigenvalue weighted by Crippen LogP contribution is 2.25. The number of hydrogen-bond acceptors (Lipinski definition) is 5. The van der Waals surface area contributed by atoms with Crippen LogP contribution in [-0.2, 0) is 6.42 Å². The molecule has 0 fully saturated rings. The first-order valence-electron chi connectivity index (χ1n) is 8.43. The van der Waals surface area contributed by atoms with Crippen LogP contribution < -0.4 is 4.74 Å². The number of methoxy groups -OCH3 is 1. The van der Waals surface area contributed by atoms with E-state index in [1.54, 1.807) is 7.11 Å². The van der Waals surface area contributed by atoms with Gasteiger partial charge in [0.25, 0.3) is 0 Å². The summed E-state index contributed by atoms with van der Waals surface area (Å²) in [5.74, 6) is 2.26. The monoisotopic (exact) mass is 348 g/mol. The summed E-state index contributed by atoms with van der Waals surface area (Å²) in [6.45, 7) is 5.95. The topological polar surface area (TPSA) is 81.0 Å². The van der Waals surface area contributed by atoms with Gasteiger partial charge in [0.2, 0.25) is 0 Å². The lowest BCUT2D eigenvalue weighted by Crippen LogP contribution is -1.97. The maximum absolute atomic E-state index is 5.19. The highest BCUT2D eigenvalue weighted by Gasteiger charge is 2.18. The molecule has 4 rings (SSSR count). The van der Waals surface area contributed by atoms with E-state index in [0.717, 1.165) is 45.4 Å². The predicted octanol–water partition coefficient (Wildman–Crippen LogP) is 3.04. The van der Waals surface area contributed by atoms with E-state index in [0.29, 0.717) is 12.2 Å². The van der Waals surface area contributed by atoms with Crippen molar-refractivity contribution in [3.05, 3.63) is 58.8 Å². The van der Waals surface area contributed by atoms with Gasteiger partial charge >= 0.3 is 0 Å². The van der Waals surface area contributed by atoms with Gasteiger partial charge in [0.1, 0.15) is 11.6 Å². The molecule has 0 aliphatic heterocycles. The largest absolute Gasteiger partial charge is 0.497 e. The second-order valence-electron chi connectivity index (χ2n) is 6.37. The Bertz CT molecular complexity index is 1080. The van der Waals surface area contributed by atoms with E-state index in [4.69, 9.17) is 4.74 Å². The fraction of sp³-hybridized carbons (Fsp3) is 0.263. The van der Waals surface area contributed by atoms with E-state index in [1.807, 2.05) is 55.6 Å². The molecule has 7 heteroatoms. The zero-order valence-corrected chi connectivity index (χ0v) is 15.2. The Kier molecular flexibility index (Phi) is 3.91. The summed E-state index contributed by atoms with van der Waals surface area (Å²) in [6, 6.07) is 9.94. The van der Waals surface area contributed by atoms with Crippen molar-refractivity contribution in [3.8, 4) is 17.1 Å². The molecule has 4 aromatic rings. The van der Waals surface area contributed by atoms with E-state index in [1.165, 1.54) is 0 Å². The third-order valence-corrected chi connectivity index (χ3v) is 4.36. The fourth-order valence-corrected chi connectivity index (χ4v) is 3.11. The van der Waals surface area contributed by atoms with Gasteiger partial charge in [-0.3, -0.25) is 5.10 Å². The smallest absolute Gasteiger partial charge is 0.186 e. The van der Waals surface area contributed by atoms with Crippen molar-refractivity contribution < 1.29 is 4.74 Å². The number of aromatic amines is 1. The first kappa shape index (κ1) is 16.3. The number of benzene rings is 1. The lowest BCUT2D eigenvalue weighted by molar-refractivity contribution is 0.414. The molecule has 0 unspecified atom stereocenters. The predicted molar refractivity (Wildman–Crippen MR) is 98.4 cm³/mol. The van der Waals surface area contributed by atoms with Gasteiger partial charge in [-0.1, -0.05) is 12.1 Å². The number of fused-ring (bicyclic) bond motifs is 1. The molecule has 0 aliphatic rings. The third kappa shape index (κ3) is 2.81. The van der Waals surface area contributed by atoms with Crippen molar-refractivity contribution in [2.45, 2.75) is 27.2 Å². The summed E-state index contributed by atoms with van der Waals surface area (Å²) in [5.41, 5.74) is 5.64. The number of H-pyrrole nitrogens is 1. The van der Waals surface area contributed by atoms with E-state index in [9.17, 15) is 0 Å². The van der Waals surface area contributed by atoms with Gasteiger partial charge in [0.05, 0.1) is 18.4 Å². The van der Waals surface area contributed by atoms with Crippen LogP contribution in [0.4, 0.5) is 0 Å². The van der Waals surface area contributed by atoms with Crippen LogP contribution in [0.15, 0.2) is 30.3 Å². The number of aromatic nitrogens is 6. The minimum absolute atomic E-state index is 0.624. The normalized spacial score (nSPS) is 11.2. The van der Waals surface area contributed by atoms with Gasteiger partial charge in [0, 0.05) is 17.8 Å². The molecule has 7 nitrogen and oxygen atoms in total. The molecule has 0 atom stereocenters. The van der Waals surface area contributed by atoms with Gasteiger partial charge in [-0.2, -0.15) is 10.2 Å². The molecule has 0 amide bonds. The van der Waals surface area contributed by atoms with Crippen molar-refractivity contribution in [3.63, 3.8) is 0 Å². The molecule has 132 valence electrons. The molecule has 0 saturated carbocycles. The van der Waals surface area contributed by atoms with E-state index in [2.05, 4.69) is 25.3 Å². The molecule has 0 bridgehead atoms. The van der Waals surface area contributed by atoms with Gasteiger partial charge < -0.3 is 4.74 Å². The molecule has 26 heavy (non-hydrogen) atoms. The summed E-state index contributed by atoms with van der Waals surface area (Å²) in [7, 11) is 1.66. The standard InChI is InChI=1S/C19H20N6O/c1-11-9-12(2)25-19(20-11)17(13(3)24-25)18-21-16(22-23-18)10-14-5-7-15(26-4)8-6-14/h5-9H,10H2,1-4H3,(H,21,22,23). The van der Waals surface area contributed by atoms with Gasteiger partial charge in [-0.25, -0.2) is 14.5 Å². The van der Waals surface area contributed by atoms with Crippen LogP contribution in [0, 0.1) is 20.8 Å². The summed E-state index contributed by atoms with van der Waals surface area (Å²) < 4.78 is 7.04. The van der Waals surface area contributed by atoms with Crippen molar-refractivity contribution in [2.24, 2.45) is 0 Å². The Balaban J connectivity index is 1.69. The Morgan fingerprint density at radius 1 is 1.08 bits per heavy atom. The van der Waals surface area contributed by atoms with Crippen molar-refractivity contribution in [2.75, 3.05) is 7.11 Å². The molecule has 3 aromatic heterocycles. The molecule has 0 saturated heterocycles. The average molecular weight is 348 g/mol. The van der Waals surface area contributed by atoms with Gasteiger partial charge in [-0.15, -0.1) is 0 Å². The van der Waals surface area contributed by atoms with Crippen LogP contribution in [0.25, 0.3) is 17.0 Å². The Morgan fingerprint density at radius 3 is 2.58 bits per heavy atom. The molecule has 0 spiro atoms. The number of nitrogens with zero attached hydrogens (tertiary/aromatic N) is 5. The van der Waals surface area contributed by atoms with Crippen molar-refractivity contribution >= 4 is 5.65 Å². The quantitative estimate of drug-likeness (QED) is 0.613. The van der Waals surface area contributed by atoms with Crippen LogP contribution in [0.5, 0.6) is 5.75 Å². The summed E-state index contributed by atoms with van der Waals surface area (Å²) in [5, 5.41) is 12.0. The Hall–Kier alpha value is -3.22. The number of aryl methyl sites for hydroxylation is 3. The van der Waals surface area contributed by atoms with Crippen LogP contribution in [0.3, 0.4) is 0 Å². The Morgan fingerprint density at radius 2 is 1.85 bits per heavy atom. The van der Waals surface area contributed by atoms with Crippen LogP contribution >= 0.6 is 0 Å². The lowest BCUT2D eigenvalue weighted by Gasteiger charge is -2.01. The summed E-state index contributed by atoms with van der Waals surface area (Å²) in [4.78, 5) is 9.31. The Labute approximate surface area is 151 Å².